The Morgan fingerprint density at radius 2 is 1.46 bits per heavy atom. The normalized spacial score (nSPS) is 16.8. The van der Waals surface area contributed by atoms with Crippen LogP contribution in [0.5, 0.6) is 23.0 Å². The largest absolute Gasteiger partial charge is 0.497 e. The van der Waals surface area contributed by atoms with Crippen LogP contribution in [0.15, 0.2) is 60.7 Å². The molecular weight excluding hydrogens is 455 g/mol. The predicted octanol–water partition coefficient (Wildman–Crippen LogP) is 4.13. The second-order valence-corrected chi connectivity index (χ2v) is 7.83. The Labute approximate surface area is 202 Å². The van der Waals surface area contributed by atoms with Crippen LogP contribution in [-0.4, -0.2) is 40.3 Å². The SMILES string of the molecule is COc1ccc(OC)c(NC(=O)C2(c3ccc(F)cc3)CC(=O)N2c2cc(OC)ccc2OC)c1. The molecule has 1 aliphatic rings. The van der Waals surface area contributed by atoms with E-state index in [-0.39, 0.29) is 12.3 Å². The van der Waals surface area contributed by atoms with Gasteiger partial charge in [-0.1, -0.05) is 12.1 Å². The van der Waals surface area contributed by atoms with Crippen molar-refractivity contribution in [1.82, 2.24) is 0 Å². The topological polar surface area (TPSA) is 86.3 Å². The number of methoxy groups -OCH3 is 4. The average Bonchev–Trinajstić information content (AvgIpc) is 2.87. The van der Waals surface area contributed by atoms with Gasteiger partial charge in [0.1, 0.15) is 28.8 Å². The van der Waals surface area contributed by atoms with E-state index >= 15 is 0 Å². The molecule has 1 heterocycles. The monoisotopic (exact) mass is 480 g/mol. The van der Waals surface area contributed by atoms with E-state index in [4.69, 9.17) is 18.9 Å². The summed E-state index contributed by atoms with van der Waals surface area (Å²) in [6.07, 6.45) is -0.142. The van der Waals surface area contributed by atoms with Crippen LogP contribution < -0.4 is 29.2 Å². The first kappa shape index (κ1) is 23.9. The Hall–Kier alpha value is -4.27. The molecule has 0 spiro atoms. The number of rotatable bonds is 8. The Kier molecular flexibility index (Phi) is 6.50. The van der Waals surface area contributed by atoms with Gasteiger partial charge in [-0.25, -0.2) is 4.39 Å². The van der Waals surface area contributed by atoms with Crippen molar-refractivity contribution in [3.63, 3.8) is 0 Å². The number of β-lactam (4-membered cyclic amide) rings is 1. The highest BCUT2D eigenvalue weighted by Gasteiger charge is 2.59. The maximum atomic E-state index is 14.0. The minimum atomic E-state index is -1.49. The fourth-order valence-electron chi connectivity index (χ4n) is 4.22. The summed E-state index contributed by atoms with van der Waals surface area (Å²) in [6.45, 7) is 0. The number of carbonyl (C=O) groups is 2. The van der Waals surface area contributed by atoms with E-state index in [2.05, 4.69) is 5.32 Å². The lowest BCUT2D eigenvalue weighted by Crippen LogP contribution is -2.67. The molecule has 1 fully saturated rings. The van der Waals surface area contributed by atoms with E-state index in [1.165, 1.54) is 57.6 Å². The number of benzene rings is 3. The maximum Gasteiger partial charge on any atom is 0.256 e. The number of halogens is 1. The van der Waals surface area contributed by atoms with Gasteiger partial charge in [0, 0.05) is 12.1 Å². The lowest BCUT2D eigenvalue weighted by atomic mass is 9.75. The third kappa shape index (κ3) is 4.09. The molecule has 3 aromatic rings. The van der Waals surface area contributed by atoms with Crippen molar-refractivity contribution in [2.24, 2.45) is 0 Å². The molecule has 1 aliphatic heterocycles. The van der Waals surface area contributed by atoms with Gasteiger partial charge in [0.2, 0.25) is 5.91 Å². The number of nitrogens with one attached hydrogen (secondary N) is 1. The molecule has 0 radical (unpaired) electrons. The molecule has 182 valence electrons. The first-order valence-corrected chi connectivity index (χ1v) is 10.7. The average molecular weight is 480 g/mol. The Morgan fingerprint density at radius 1 is 0.857 bits per heavy atom. The van der Waals surface area contributed by atoms with Crippen LogP contribution in [0.1, 0.15) is 12.0 Å². The fraction of sp³-hybridized carbons (Fsp3) is 0.231. The molecule has 4 rings (SSSR count). The summed E-state index contributed by atoms with van der Waals surface area (Å²) in [5, 5.41) is 2.87. The predicted molar refractivity (Wildman–Crippen MR) is 128 cm³/mol. The molecule has 9 heteroatoms. The fourth-order valence-corrected chi connectivity index (χ4v) is 4.22. The van der Waals surface area contributed by atoms with E-state index in [9.17, 15) is 14.0 Å². The van der Waals surface area contributed by atoms with Crippen LogP contribution in [0, 0.1) is 5.82 Å². The second-order valence-electron chi connectivity index (χ2n) is 7.83. The summed E-state index contributed by atoms with van der Waals surface area (Å²) in [5.41, 5.74) is -0.350. The van der Waals surface area contributed by atoms with Gasteiger partial charge in [-0.3, -0.25) is 14.5 Å². The van der Waals surface area contributed by atoms with Gasteiger partial charge in [-0.2, -0.15) is 0 Å². The first-order valence-electron chi connectivity index (χ1n) is 10.7. The molecule has 0 bridgehead atoms. The second kappa shape index (κ2) is 9.54. The van der Waals surface area contributed by atoms with Gasteiger partial charge in [-0.15, -0.1) is 0 Å². The molecule has 3 aromatic carbocycles. The molecule has 1 N–H and O–H groups in total. The van der Waals surface area contributed by atoms with E-state index in [1.807, 2.05) is 0 Å². The van der Waals surface area contributed by atoms with Crippen molar-refractivity contribution in [1.29, 1.82) is 0 Å². The minimum Gasteiger partial charge on any atom is -0.497 e. The third-order valence-electron chi connectivity index (χ3n) is 6.02. The van der Waals surface area contributed by atoms with E-state index in [1.54, 1.807) is 36.4 Å². The number of hydrogen-bond donors (Lipinski definition) is 1. The zero-order valence-electron chi connectivity index (χ0n) is 19.8. The summed E-state index contributed by atoms with van der Waals surface area (Å²) in [7, 11) is 5.96. The molecule has 0 saturated carbocycles. The molecule has 35 heavy (non-hydrogen) atoms. The van der Waals surface area contributed by atoms with E-state index < -0.39 is 17.3 Å². The van der Waals surface area contributed by atoms with Crippen molar-refractivity contribution in [2.45, 2.75) is 12.0 Å². The van der Waals surface area contributed by atoms with E-state index in [0.717, 1.165) is 0 Å². The Morgan fingerprint density at radius 3 is 2.03 bits per heavy atom. The quantitative estimate of drug-likeness (QED) is 0.488. The molecular formula is C26H25FN2O6. The number of anilines is 2. The lowest BCUT2D eigenvalue weighted by Gasteiger charge is -2.50. The first-order chi connectivity index (χ1) is 16.9. The van der Waals surface area contributed by atoms with Crippen molar-refractivity contribution < 1.29 is 32.9 Å². The van der Waals surface area contributed by atoms with Crippen LogP contribution in [-0.2, 0) is 15.1 Å². The number of carbonyl (C=O) groups excluding carboxylic acids is 2. The summed E-state index contributed by atoms with van der Waals surface area (Å²) < 4.78 is 35.3. The van der Waals surface area contributed by atoms with Gasteiger partial charge in [0.25, 0.3) is 5.91 Å². The smallest absolute Gasteiger partial charge is 0.256 e. The van der Waals surface area contributed by atoms with Crippen LogP contribution in [0.2, 0.25) is 0 Å². The highest BCUT2D eigenvalue weighted by atomic mass is 19.1. The standard InChI is InChI=1S/C26H25FN2O6/c1-32-18-9-11-22(34-3)20(13-18)28-25(31)26(16-5-7-17(27)8-6-16)15-24(30)29(26)21-14-19(33-2)10-12-23(21)35-4/h5-14H,15H2,1-4H3,(H,28,31). The Bertz CT molecular complexity index is 1260. The van der Waals surface area contributed by atoms with Crippen LogP contribution in [0.3, 0.4) is 0 Å². The molecule has 0 aromatic heterocycles. The summed E-state index contributed by atoms with van der Waals surface area (Å²) in [6, 6.07) is 15.4. The summed E-state index contributed by atoms with van der Waals surface area (Å²) in [4.78, 5) is 28.4. The Balaban J connectivity index is 1.86. The van der Waals surface area contributed by atoms with E-state index in [0.29, 0.717) is 39.9 Å². The molecule has 1 saturated heterocycles. The van der Waals surface area contributed by atoms with Gasteiger partial charge in [0.15, 0.2) is 5.54 Å². The summed E-state index contributed by atoms with van der Waals surface area (Å²) >= 11 is 0. The van der Waals surface area contributed by atoms with Crippen molar-refractivity contribution in [3.8, 4) is 23.0 Å². The molecule has 1 atom stereocenters. The van der Waals surface area contributed by atoms with Crippen molar-refractivity contribution in [3.05, 3.63) is 72.0 Å². The lowest BCUT2D eigenvalue weighted by molar-refractivity contribution is -0.137. The summed E-state index contributed by atoms with van der Waals surface area (Å²) in [5.74, 6) is 0.474. The van der Waals surface area contributed by atoms with Crippen molar-refractivity contribution >= 4 is 23.2 Å². The van der Waals surface area contributed by atoms with Gasteiger partial charge in [-0.05, 0) is 42.0 Å². The highest BCUT2D eigenvalue weighted by molar-refractivity contribution is 6.17. The van der Waals surface area contributed by atoms with Crippen LogP contribution in [0.25, 0.3) is 0 Å². The van der Waals surface area contributed by atoms with Gasteiger partial charge >= 0.3 is 0 Å². The number of ether oxygens (including phenoxy) is 4. The number of nitrogens with zero attached hydrogens (tertiary/aromatic N) is 1. The highest BCUT2D eigenvalue weighted by Crippen LogP contribution is 2.49. The molecule has 2 amide bonds. The van der Waals surface area contributed by atoms with Crippen LogP contribution in [0.4, 0.5) is 15.8 Å². The third-order valence-corrected chi connectivity index (χ3v) is 6.02. The zero-order valence-corrected chi connectivity index (χ0v) is 19.8. The number of hydrogen-bond acceptors (Lipinski definition) is 6. The molecule has 0 aliphatic carbocycles. The zero-order chi connectivity index (χ0) is 25.2. The number of amides is 2. The maximum absolute atomic E-state index is 14.0. The minimum absolute atomic E-state index is 0.142. The molecule has 1 unspecified atom stereocenters. The van der Waals surface area contributed by atoms with Gasteiger partial charge < -0.3 is 24.3 Å². The molecule has 8 nitrogen and oxygen atoms in total. The van der Waals surface area contributed by atoms with Crippen molar-refractivity contribution in [2.75, 3.05) is 38.7 Å². The van der Waals surface area contributed by atoms with Crippen LogP contribution >= 0.6 is 0 Å². The van der Waals surface area contributed by atoms with Gasteiger partial charge in [0.05, 0.1) is 46.2 Å².